The number of fused-ring (bicyclic) bond motifs is 2. The fourth-order valence-electron chi connectivity index (χ4n) is 3.64. The summed E-state index contributed by atoms with van der Waals surface area (Å²) in [6, 6.07) is 10.1. The van der Waals surface area contributed by atoms with Crippen LogP contribution in [0.5, 0.6) is 0 Å². The van der Waals surface area contributed by atoms with E-state index in [2.05, 4.69) is 5.32 Å². The average molecular weight is 408 g/mol. The molecule has 0 aliphatic carbocycles. The van der Waals surface area contributed by atoms with E-state index in [-0.39, 0.29) is 16.8 Å². The number of non-ortho nitro benzene ring substituents is 1. The van der Waals surface area contributed by atoms with Gasteiger partial charge in [-0.05, 0) is 32.0 Å². The Morgan fingerprint density at radius 3 is 2.43 bits per heavy atom. The van der Waals surface area contributed by atoms with E-state index in [9.17, 15) is 29.3 Å². The third-order valence-electron chi connectivity index (χ3n) is 5.22. The minimum absolute atomic E-state index is 0.00514. The van der Waals surface area contributed by atoms with Crippen LogP contribution in [0.4, 0.5) is 17.1 Å². The number of hydrogen-bond acceptors (Lipinski definition) is 6. The number of amides is 4. The second-order valence-electron chi connectivity index (χ2n) is 7.44. The highest BCUT2D eigenvalue weighted by Gasteiger charge is 2.46. The van der Waals surface area contributed by atoms with E-state index < -0.39 is 40.6 Å². The zero-order valence-electron chi connectivity index (χ0n) is 16.0. The molecule has 0 unspecified atom stereocenters. The molecule has 2 aromatic carbocycles. The Bertz CT molecular complexity index is 1160. The lowest BCUT2D eigenvalue weighted by Gasteiger charge is -2.42. The maximum atomic E-state index is 13.2. The van der Waals surface area contributed by atoms with Crippen LogP contribution in [0.2, 0.25) is 0 Å². The number of rotatable bonds is 3. The molecule has 10 heteroatoms. The number of benzene rings is 2. The van der Waals surface area contributed by atoms with Crippen LogP contribution in [-0.2, 0) is 9.59 Å². The summed E-state index contributed by atoms with van der Waals surface area (Å²) in [5.41, 5.74) is -0.839. The van der Waals surface area contributed by atoms with Gasteiger partial charge in [-0.2, -0.15) is 0 Å². The van der Waals surface area contributed by atoms with Crippen LogP contribution in [0.1, 0.15) is 34.6 Å². The highest BCUT2D eigenvalue weighted by Crippen LogP contribution is 2.37. The molecule has 4 amide bonds. The predicted octanol–water partition coefficient (Wildman–Crippen LogP) is 1.95. The number of nitrogens with one attached hydrogen (secondary N) is 1. The smallest absolute Gasteiger partial charge is 0.270 e. The van der Waals surface area contributed by atoms with E-state index in [1.165, 1.54) is 11.0 Å². The van der Waals surface area contributed by atoms with Crippen LogP contribution in [0.3, 0.4) is 0 Å². The van der Waals surface area contributed by atoms with Gasteiger partial charge in [0.2, 0.25) is 11.8 Å². The normalized spacial score (nSPS) is 16.8. The SMILES string of the molecule is CC1(C)C(=O)Nc2ccccc2N1C(=O)CN1C(=O)c2ccc([N+](=O)[O-])cc2C1=O. The molecule has 0 radical (unpaired) electrons. The van der Waals surface area contributed by atoms with Crippen LogP contribution < -0.4 is 10.2 Å². The van der Waals surface area contributed by atoms with E-state index in [1.54, 1.807) is 38.1 Å². The fourth-order valence-corrected chi connectivity index (χ4v) is 3.64. The highest BCUT2D eigenvalue weighted by molar-refractivity contribution is 6.24. The largest absolute Gasteiger partial charge is 0.322 e. The standard InChI is InChI=1S/C20H16N4O6/c1-20(2)19(28)21-14-5-3-4-6-15(14)23(20)16(25)10-22-17(26)12-8-7-11(24(29)30)9-13(12)18(22)27/h3-9H,10H2,1-2H3,(H,21,28). The van der Waals surface area contributed by atoms with Crippen LogP contribution in [0.25, 0.3) is 0 Å². The van der Waals surface area contributed by atoms with Crippen molar-refractivity contribution in [3.05, 3.63) is 63.7 Å². The summed E-state index contributed by atoms with van der Waals surface area (Å²) in [6.45, 7) is 2.51. The average Bonchev–Trinajstić information content (AvgIpc) is 2.93. The molecule has 10 nitrogen and oxygen atoms in total. The Hall–Kier alpha value is -4.08. The Morgan fingerprint density at radius 1 is 1.07 bits per heavy atom. The van der Waals surface area contributed by atoms with Crippen molar-refractivity contribution >= 4 is 40.7 Å². The monoisotopic (exact) mass is 408 g/mol. The summed E-state index contributed by atoms with van der Waals surface area (Å²) < 4.78 is 0. The summed E-state index contributed by atoms with van der Waals surface area (Å²) in [6.07, 6.45) is 0. The summed E-state index contributed by atoms with van der Waals surface area (Å²) in [7, 11) is 0. The Labute approximate surface area is 170 Å². The first-order valence-electron chi connectivity index (χ1n) is 9.01. The molecule has 2 aliphatic rings. The molecular weight excluding hydrogens is 392 g/mol. The number of carbonyl (C=O) groups excluding carboxylic acids is 4. The first kappa shape index (κ1) is 19.2. The molecule has 2 aromatic rings. The zero-order valence-corrected chi connectivity index (χ0v) is 16.0. The van der Waals surface area contributed by atoms with Crippen molar-refractivity contribution in [2.24, 2.45) is 0 Å². The summed E-state index contributed by atoms with van der Waals surface area (Å²) in [5.74, 6) is -2.55. The Balaban J connectivity index is 1.67. The first-order chi connectivity index (χ1) is 14.1. The number of nitrogens with zero attached hydrogens (tertiary/aromatic N) is 3. The van der Waals surface area contributed by atoms with Crippen molar-refractivity contribution in [1.82, 2.24) is 4.90 Å². The van der Waals surface area contributed by atoms with E-state index in [0.29, 0.717) is 11.4 Å². The number of hydrogen-bond donors (Lipinski definition) is 1. The number of anilines is 2. The van der Waals surface area contributed by atoms with Gasteiger partial charge in [0, 0.05) is 12.1 Å². The number of para-hydroxylation sites is 2. The van der Waals surface area contributed by atoms with Gasteiger partial charge in [-0.15, -0.1) is 0 Å². The van der Waals surface area contributed by atoms with Crippen molar-refractivity contribution in [2.45, 2.75) is 19.4 Å². The van der Waals surface area contributed by atoms with Gasteiger partial charge in [0.1, 0.15) is 12.1 Å². The number of imide groups is 1. The van der Waals surface area contributed by atoms with Crippen LogP contribution in [0, 0.1) is 10.1 Å². The van der Waals surface area contributed by atoms with E-state index >= 15 is 0 Å². The van der Waals surface area contributed by atoms with Gasteiger partial charge in [0.05, 0.1) is 27.4 Å². The van der Waals surface area contributed by atoms with Crippen molar-refractivity contribution in [1.29, 1.82) is 0 Å². The first-order valence-corrected chi connectivity index (χ1v) is 9.01. The maximum Gasteiger partial charge on any atom is 0.270 e. The van der Waals surface area contributed by atoms with Gasteiger partial charge in [0.15, 0.2) is 0 Å². The fraction of sp³-hybridized carbons (Fsp3) is 0.200. The molecule has 0 atom stereocenters. The Morgan fingerprint density at radius 2 is 1.73 bits per heavy atom. The molecule has 2 heterocycles. The molecule has 4 rings (SSSR count). The zero-order chi connectivity index (χ0) is 21.8. The van der Waals surface area contributed by atoms with Gasteiger partial charge in [-0.25, -0.2) is 0 Å². The van der Waals surface area contributed by atoms with Gasteiger partial charge >= 0.3 is 0 Å². The highest BCUT2D eigenvalue weighted by atomic mass is 16.6. The molecule has 0 spiro atoms. The summed E-state index contributed by atoms with van der Waals surface area (Å²) >= 11 is 0. The molecule has 0 saturated carbocycles. The molecule has 0 fully saturated rings. The van der Waals surface area contributed by atoms with Gasteiger partial charge in [-0.1, -0.05) is 12.1 Å². The molecule has 152 valence electrons. The number of carbonyl (C=O) groups is 4. The molecule has 30 heavy (non-hydrogen) atoms. The Kier molecular flexibility index (Phi) is 4.15. The molecule has 1 N–H and O–H groups in total. The topological polar surface area (TPSA) is 130 Å². The lowest BCUT2D eigenvalue weighted by molar-refractivity contribution is -0.384. The van der Waals surface area contributed by atoms with Crippen molar-refractivity contribution in [3.8, 4) is 0 Å². The maximum absolute atomic E-state index is 13.2. The van der Waals surface area contributed by atoms with E-state index in [0.717, 1.165) is 17.0 Å². The molecule has 0 saturated heterocycles. The van der Waals surface area contributed by atoms with Crippen LogP contribution in [-0.4, -0.2) is 45.5 Å². The van der Waals surface area contributed by atoms with E-state index in [1.807, 2.05) is 0 Å². The lowest BCUT2D eigenvalue weighted by atomic mass is 9.96. The summed E-state index contributed by atoms with van der Waals surface area (Å²) in [5, 5.41) is 13.7. The van der Waals surface area contributed by atoms with Crippen LogP contribution in [0.15, 0.2) is 42.5 Å². The van der Waals surface area contributed by atoms with Gasteiger partial charge in [-0.3, -0.25) is 39.1 Å². The third kappa shape index (κ3) is 2.72. The van der Waals surface area contributed by atoms with E-state index in [4.69, 9.17) is 0 Å². The second kappa shape index (κ2) is 6.48. The second-order valence-corrected chi connectivity index (χ2v) is 7.44. The predicted molar refractivity (Wildman–Crippen MR) is 105 cm³/mol. The summed E-state index contributed by atoms with van der Waals surface area (Å²) in [4.78, 5) is 63.4. The van der Waals surface area contributed by atoms with Gasteiger partial charge < -0.3 is 5.32 Å². The van der Waals surface area contributed by atoms with Crippen molar-refractivity contribution in [2.75, 3.05) is 16.8 Å². The van der Waals surface area contributed by atoms with Crippen LogP contribution >= 0.6 is 0 Å². The number of nitro groups is 1. The van der Waals surface area contributed by atoms with Crippen molar-refractivity contribution < 1.29 is 24.1 Å². The van der Waals surface area contributed by atoms with Gasteiger partial charge in [0.25, 0.3) is 17.5 Å². The quantitative estimate of drug-likeness (QED) is 0.469. The third-order valence-corrected chi connectivity index (χ3v) is 5.22. The minimum atomic E-state index is -1.26. The lowest BCUT2D eigenvalue weighted by Crippen LogP contribution is -2.60. The number of nitro benzene ring substituents is 1. The molecule has 2 aliphatic heterocycles. The molecular formula is C20H16N4O6. The molecule has 0 aromatic heterocycles. The van der Waals surface area contributed by atoms with Crippen molar-refractivity contribution in [3.63, 3.8) is 0 Å². The minimum Gasteiger partial charge on any atom is -0.322 e. The molecule has 0 bridgehead atoms.